The lowest BCUT2D eigenvalue weighted by Crippen LogP contribution is -2.24. The van der Waals surface area contributed by atoms with Gasteiger partial charge in [0.15, 0.2) is 0 Å². The van der Waals surface area contributed by atoms with Gasteiger partial charge in [-0.05, 0) is 24.5 Å². The Labute approximate surface area is 130 Å². The fourth-order valence-corrected chi connectivity index (χ4v) is 2.81. The fraction of sp³-hybridized carbons (Fsp3) is 0.353. The third kappa shape index (κ3) is 3.08. The molecule has 5 nitrogen and oxygen atoms in total. The van der Waals surface area contributed by atoms with E-state index in [0.717, 1.165) is 30.2 Å². The first-order valence-corrected chi connectivity index (χ1v) is 7.47. The van der Waals surface area contributed by atoms with Gasteiger partial charge in [-0.1, -0.05) is 18.2 Å². The van der Waals surface area contributed by atoms with Crippen LogP contribution in [-0.4, -0.2) is 36.5 Å². The highest BCUT2D eigenvalue weighted by Gasteiger charge is 2.30. The SMILES string of the molecule is CN(C)c1cc(C[C@H]2CC(=O)N(c3ccccc3)C2)ncn1. The Kier molecular flexibility index (Phi) is 4.04. The Bertz CT molecular complexity index is 657. The van der Waals surface area contributed by atoms with Crippen LogP contribution in [0.25, 0.3) is 0 Å². The summed E-state index contributed by atoms with van der Waals surface area (Å²) in [6, 6.07) is 11.8. The lowest BCUT2D eigenvalue weighted by atomic mass is 10.0. The Morgan fingerprint density at radius 1 is 1.23 bits per heavy atom. The van der Waals surface area contributed by atoms with Crippen LogP contribution >= 0.6 is 0 Å². The summed E-state index contributed by atoms with van der Waals surface area (Å²) in [6.45, 7) is 0.754. The Morgan fingerprint density at radius 3 is 2.73 bits per heavy atom. The molecule has 0 spiro atoms. The van der Waals surface area contributed by atoms with E-state index >= 15 is 0 Å². The van der Waals surface area contributed by atoms with Crippen molar-refractivity contribution in [2.24, 2.45) is 5.92 Å². The van der Waals surface area contributed by atoms with Crippen LogP contribution in [0, 0.1) is 5.92 Å². The second-order valence-electron chi connectivity index (χ2n) is 5.88. The van der Waals surface area contributed by atoms with Gasteiger partial charge in [-0.3, -0.25) is 4.79 Å². The van der Waals surface area contributed by atoms with Gasteiger partial charge in [0.1, 0.15) is 12.1 Å². The number of amides is 1. The predicted octanol–water partition coefficient (Wildman–Crippen LogP) is 2.14. The van der Waals surface area contributed by atoms with Gasteiger partial charge in [-0.2, -0.15) is 0 Å². The van der Waals surface area contributed by atoms with Crippen molar-refractivity contribution in [1.82, 2.24) is 9.97 Å². The summed E-state index contributed by atoms with van der Waals surface area (Å²) in [5, 5.41) is 0. The molecule has 0 bridgehead atoms. The molecular formula is C17H20N4O. The van der Waals surface area contributed by atoms with Gasteiger partial charge in [0, 0.05) is 44.5 Å². The number of para-hydroxylation sites is 1. The molecule has 0 radical (unpaired) electrons. The van der Waals surface area contributed by atoms with Crippen molar-refractivity contribution in [3.8, 4) is 0 Å². The molecule has 2 heterocycles. The van der Waals surface area contributed by atoms with Crippen LogP contribution in [0.4, 0.5) is 11.5 Å². The van der Waals surface area contributed by atoms with E-state index < -0.39 is 0 Å². The van der Waals surface area contributed by atoms with Gasteiger partial charge in [-0.15, -0.1) is 0 Å². The molecule has 1 amide bonds. The summed E-state index contributed by atoms with van der Waals surface area (Å²) >= 11 is 0. The van der Waals surface area contributed by atoms with E-state index in [1.54, 1.807) is 6.33 Å². The molecule has 0 unspecified atom stereocenters. The molecular weight excluding hydrogens is 276 g/mol. The van der Waals surface area contributed by atoms with Gasteiger partial charge in [0.2, 0.25) is 5.91 Å². The molecule has 0 aliphatic carbocycles. The third-order valence-corrected chi connectivity index (χ3v) is 3.94. The molecule has 1 aliphatic heterocycles. The number of benzene rings is 1. The standard InChI is InChI=1S/C17H20N4O/c1-20(2)16-10-14(18-12-19-16)8-13-9-17(22)21(11-13)15-6-4-3-5-7-15/h3-7,10,12-13H,8-9,11H2,1-2H3/t13-/m0/s1. The van der Waals surface area contributed by atoms with Crippen LogP contribution in [0.15, 0.2) is 42.7 Å². The predicted molar refractivity (Wildman–Crippen MR) is 87.0 cm³/mol. The van der Waals surface area contributed by atoms with Crippen LogP contribution in [0.5, 0.6) is 0 Å². The quantitative estimate of drug-likeness (QED) is 0.867. The van der Waals surface area contributed by atoms with Crippen molar-refractivity contribution in [1.29, 1.82) is 0 Å². The molecule has 114 valence electrons. The molecule has 0 saturated carbocycles. The minimum Gasteiger partial charge on any atom is -0.363 e. The minimum atomic E-state index is 0.193. The zero-order chi connectivity index (χ0) is 15.5. The summed E-state index contributed by atoms with van der Waals surface area (Å²) in [5.41, 5.74) is 1.97. The van der Waals surface area contributed by atoms with Crippen molar-refractivity contribution in [3.63, 3.8) is 0 Å². The summed E-state index contributed by atoms with van der Waals surface area (Å²) in [5.74, 6) is 1.39. The Morgan fingerprint density at radius 2 is 2.00 bits per heavy atom. The van der Waals surface area contributed by atoms with E-state index in [4.69, 9.17) is 0 Å². The zero-order valence-electron chi connectivity index (χ0n) is 12.9. The molecule has 1 atom stereocenters. The highest BCUT2D eigenvalue weighted by atomic mass is 16.2. The first kappa shape index (κ1) is 14.5. The van der Waals surface area contributed by atoms with E-state index in [-0.39, 0.29) is 5.91 Å². The molecule has 1 aliphatic rings. The number of carbonyl (C=O) groups excluding carboxylic acids is 1. The number of anilines is 2. The van der Waals surface area contributed by atoms with Gasteiger partial charge in [0.05, 0.1) is 0 Å². The van der Waals surface area contributed by atoms with Crippen LogP contribution in [-0.2, 0) is 11.2 Å². The molecule has 22 heavy (non-hydrogen) atoms. The number of aromatic nitrogens is 2. The second kappa shape index (κ2) is 6.13. The maximum Gasteiger partial charge on any atom is 0.227 e. The zero-order valence-corrected chi connectivity index (χ0v) is 12.9. The molecule has 3 rings (SSSR count). The highest BCUT2D eigenvalue weighted by Crippen LogP contribution is 2.27. The number of hydrogen-bond acceptors (Lipinski definition) is 4. The lowest BCUT2D eigenvalue weighted by molar-refractivity contribution is -0.117. The van der Waals surface area contributed by atoms with Crippen LogP contribution in [0.2, 0.25) is 0 Å². The molecule has 5 heteroatoms. The third-order valence-electron chi connectivity index (χ3n) is 3.94. The van der Waals surface area contributed by atoms with E-state index in [1.165, 1.54) is 0 Å². The van der Waals surface area contributed by atoms with Crippen LogP contribution < -0.4 is 9.80 Å². The summed E-state index contributed by atoms with van der Waals surface area (Å²) in [7, 11) is 3.92. The van der Waals surface area contributed by atoms with E-state index in [2.05, 4.69) is 9.97 Å². The second-order valence-corrected chi connectivity index (χ2v) is 5.88. The molecule has 1 saturated heterocycles. The van der Waals surface area contributed by atoms with Crippen molar-refractivity contribution in [3.05, 3.63) is 48.4 Å². The Balaban J connectivity index is 1.70. The van der Waals surface area contributed by atoms with Crippen LogP contribution in [0.1, 0.15) is 12.1 Å². The van der Waals surface area contributed by atoms with Crippen molar-refractivity contribution in [2.45, 2.75) is 12.8 Å². The molecule has 0 N–H and O–H groups in total. The molecule has 2 aromatic rings. The molecule has 1 fully saturated rings. The number of hydrogen-bond donors (Lipinski definition) is 0. The summed E-state index contributed by atoms with van der Waals surface area (Å²) < 4.78 is 0. The summed E-state index contributed by atoms with van der Waals surface area (Å²) in [4.78, 5) is 24.6. The van der Waals surface area contributed by atoms with Crippen LogP contribution in [0.3, 0.4) is 0 Å². The maximum atomic E-state index is 12.2. The smallest absolute Gasteiger partial charge is 0.227 e. The van der Waals surface area contributed by atoms with E-state index in [1.807, 2.05) is 60.3 Å². The van der Waals surface area contributed by atoms with Crippen molar-refractivity contribution < 1.29 is 4.79 Å². The average Bonchev–Trinajstić information content (AvgIpc) is 2.89. The van der Waals surface area contributed by atoms with Gasteiger partial charge < -0.3 is 9.80 Å². The first-order chi connectivity index (χ1) is 10.6. The van der Waals surface area contributed by atoms with E-state index in [0.29, 0.717) is 12.3 Å². The lowest BCUT2D eigenvalue weighted by Gasteiger charge is -2.17. The van der Waals surface area contributed by atoms with E-state index in [9.17, 15) is 4.79 Å². The Hall–Kier alpha value is -2.43. The fourth-order valence-electron chi connectivity index (χ4n) is 2.81. The monoisotopic (exact) mass is 296 g/mol. The van der Waals surface area contributed by atoms with Crippen molar-refractivity contribution >= 4 is 17.4 Å². The number of nitrogens with zero attached hydrogens (tertiary/aromatic N) is 4. The normalized spacial score (nSPS) is 17.8. The molecule has 1 aromatic heterocycles. The topological polar surface area (TPSA) is 49.3 Å². The largest absolute Gasteiger partial charge is 0.363 e. The van der Waals surface area contributed by atoms with Crippen molar-refractivity contribution in [2.75, 3.05) is 30.4 Å². The summed E-state index contributed by atoms with van der Waals surface area (Å²) in [6.07, 6.45) is 2.98. The highest BCUT2D eigenvalue weighted by molar-refractivity contribution is 5.95. The maximum absolute atomic E-state index is 12.2. The molecule has 1 aromatic carbocycles. The number of rotatable bonds is 4. The van der Waals surface area contributed by atoms with Gasteiger partial charge in [0.25, 0.3) is 0 Å². The first-order valence-electron chi connectivity index (χ1n) is 7.47. The number of carbonyl (C=O) groups is 1. The van der Waals surface area contributed by atoms with Gasteiger partial charge in [-0.25, -0.2) is 9.97 Å². The minimum absolute atomic E-state index is 0.193. The van der Waals surface area contributed by atoms with Gasteiger partial charge >= 0.3 is 0 Å². The average molecular weight is 296 g/mol.